The Morgan fingerprint density at radius 2 is 1.96 bits per heavy atom. The number of halogens is 3. The summed E-state index contributed by atoms with van der Waals surface area (Å²) in [6.07, 6.45) is -2.43. The molecule has 1 saturated heterocycles. The molecule has 2 N–H and O–H groups in total. The van der Waals surface area contributed by atoms with E-state index in [0.717, 1.165) is 12.8 Å². The van der Waals surface area contributed by atoms with Gasteiger partial charge in [-0.2, -0.15) is 13.2 Å². The van der Waals surface area contributed by atoms with Gasteiger partial charge in [0.15, 0.2) is 0 Å². The normalized spacial score (nSPS) is 14.9. The van der Waals surface area contributed by atoms with Crippen LogP contribution < -0.4 is 10.6 Å². The Morgan fingerprint density at radius 1 is 1.23 bits per heavy atom. The molecule has 6 nitrogen and oxygen atoms in total. The van der Waals surface area contributed by atoms with Gasteiger partial charge in [-0.3, -0.25) is 14.4 Å². The molecule has 1 aromatic carbocycles. The van der Waals surface area contributed by atoms with Gasteiger partial charge in [-0.1, -0.05) is 6.07 Å². The van der Waals surface area contributed by atoms with Crippen LogP contribution in [0.25, 0.3) is 0 Å². The van der Waals surface area contributed by atoms with Crippen LogP contribution in [0.3, 0.4) is 0 Å². The smallest absolute Gasteiger partial charge is 0.343 e. The molecule has 1 aliphatic heterocycles. The van der Waals surface area contributed by atoms with Gasteiger partial charge in [0.2, 0.25) is 11.8 Å². The Bertz CT molecular complexity index is 704. The molecular weight excluding hydrogens is 351 g/mol. The predicted octanol–water partition coefficient (Wildman–Crippen LogP) is 2.24. The summed E-state index contributed by atoms with van der Waals surface area (Å²) in [7, 11) is 0. The van der Waals surface area contributed by atoms with Crippen LogP contribution in [-0.4, -0.2) is 48.4 Å². The molecule has 2 rings (SSSR count). The quantitative estimate of drug-likeness (QED) is 0.833. The molecule has 9 heteroatoms. The van der Waals surface area contributed by atoms with Crippen LogP contribution in [0.5, 0.6) is 0 Å². The molecule has 26 heavy (non-hydrogen) atoms. The first-order chi connectivity index (χ1) is 12.2. The van der Waals surface area contributed by atoms with Crippen LogP contribution in [0.2, 0.25) is 0 Å². The van der Waals surface area contributed by atoms with Gasteiger partial charge < -0.3 is 15.5 Å². The Morgan fingerprint density at radius 3 is 2.62 bits per heavy atom. The maximum absolute atomic E-state index is 12.2. The minimum Gasteiger partial charge on any atom is -0.343 e. The fraction of sp³-hybridized carbons (Fsp3) is 0.471. The van der Waals surface area contributed by atoms with Crippen LogP contribution in [0.1, 0.15) is 35.2 Å². The highest BCUT2D eigenvalue weighted by Crippen LogP contribution is 2.18. The highest BCUT2D eigenvalue weighted by Gasteiger charge is 2.28. The second-order valence-electron chi connectivity index (χ2n) is 6.15. The lowest BCUT2D eigenvalue weighted by Gasteiger charge is -2.26. The molecule has 1 aliphatic rings. The predicted molar refractivity (Wildman–Crippen MR) is 88.6 cm³/mol. The van der Waals surface area contributed by atoms with E-state index in [2.05, 4.69) is 5.32 Å². The van der Waals surface area contributed by atoms with E-state index in [1.54, 1.807) is 12.2 Å². The van der Waals surface area contributed by atoms with Gasteiger partial charge in [0.25, 0.3) is 5.91 Å². The second kappa shape index (κ2) is 8.20. The van der Waals surface area contributed by atoms with Crippen molar-refractivity contribution in [2.45, 2.75) is 32.4 Å². The summed E-state index contributed by atoms with van der Waals surface area (Å²) < 4.78 is 36.6. The molecule has 1 heterocycles. The van der Waals surface area contributed by atoms with Crippen molar-refractivity contribution in [1.29, 1.82) is 0 Å². The third-order valence-corrected chi connectivity index (χ3v) is 3.98. The van der Waals surface area contributed by atoms with Gasteiger partial charge in [0.05, 0.1) is 6.54 Å². The zero-order chi connectivity index (χ0) is 19.3. The third-order valence-electron chi connectivity index (χ3n) is 3.98. The number of nitrogens with zero attached hydrogens (tertiary/aromatic N) is 1. The van der Waals surface area contributed by atoms with Crippen LogP contribution in [0.15, 0.2) is 18.2 Å². The molecule has 0 bridgehead atoms. The van der Waals surface area contributed by atoms with Crippen LogP contribution in [-0.2, 0) is 9.59 Å². The lowest BCUT2D eigenvalue weighted by molar-refractivity contribution is -0.136. The van der Waals surface area contributed by atoms with E-state index in [1.165, 1.54) is 23.1 Å². The maximum atomic E-state index is 12.2. The van der Waals surface area contributed by atoms with Crippen molar-refractivity contribution in [1.82, 2.24) is 10.2 Å². The molecule has 1 fully saturated rings. The average molecular weight is 371 g/mol. The van der Waals surface area contributed by atoms with Crippen molar-refractivity contribution in [3.63, 3.8) is 0 Å². The minimum atomic E-state index is -4.50. The zero-order valence-electron chi connectivity index (χ0n) is 14.3. The number of benzene rings is 1. The van der Waals surface area contributed by atoms with Crippen molar-refractivity contribution in [2.75, 3.05) is 25.0 Å². The first-order valence-electron chi connectivity index (χ1n) is 8.19. The van der Waals surface area contributed by atoms with Gasteiger partial charge in [-0.05, 0) is 37.5 Å². The minimum absolute atomic E-state index is 0.00389. The summed E-state index contributed by atoms with van der Waals surface area (Å²) in [5.41, 5.74) is 0.971. The maximum Gasteiger partial charge on any atom is 0.405 e. The summed E-state index contributed by atoms with van der Waals surface area (Å²) in [6, 6.07) is 4.23. The van der Waals surface area contributed by atoms with Gasteiger partial charge in [0, 0.05) is 24.2 Å². The number of hydrogen-bond acceptors (Lipinski definition) is 3. The summed E-state index contributed by atoms with van der Waals surface area (Å²) in [5.74, 6) is -1.39. The summed E-state index contributed by atoms with van der Waals surface area (Å²) in [4.78, 5) is 37.2. The topological polar surface area (TPSA) is 78.5 Å². The number of aryl methyl sites for hydroxylation is 1. The highest BCUT2D eigenvalue weighted by molar-refractivity contribution is 5.99. The fourth-order valence-corrected chi connectivity index (χ4v) is 2.57. The number of hydrogen-bond donors (Lipinski definition) is 2. The lowest BCUT2D eigenvalue weighted by atomic mass is 10.1. The molecular formula is C17H20F3N3O3. The Hall–Kier alpha value is -2.58. The summed E-state index contributed by atoms with van der Waals surface area (Å²) >= 11 is 0. The number of piperidine rings is 1. The molecule has 0 aliphatic carbocycles. The number of rotatable bonds is 5. The van der Waals surface area contributed by atoms with Crippen LogP contribution in [0, 0.1) is 6.92 Å². The van der Waals surface area contributed by atoms with E-state index in [0.29, 0.717) is 24.2 Å². The average Bonchev–Trinajstić information content (AvgIpc) is 2.56. The van der Waals surface area contributed by atoms with Crippen molar-refractivity contribution in [3.8, 4) is 0 Å². The van der Waals surface area contributed by atoms with Gasteiger partial charge in [-0.25, -0.2) is 0 Å². The monoisotopic (exact) mass is 371 g/mol. The number of alkyl halides is 3. The van der Waals surface area contributed by atoms with Gasteiger partial charge >= 0.3 is 6.18 Å². The van der Waals surface area contributed by atoms with Crippen LogP contribution in [0.4, 0.5) is 18.9 Å². The van der Waals surface area contributed by atoms with Gasteiger partial charge in [-0.15, -0.1) is 0 Å². The first-order valence-corrected chi connectivity index (χ1v) is 8.19. The van der Waals surface area contributed by atoms with Gasteiger partial charge in [0.1, 0.15) is 6.54 Å². The molecule has 0 radical (unpaired) electrons. The third kappa shape index (κ3) is 5.75. The van der Waals surface area contributed by atoms with Crippen LogP contribution >= 0.6 is 0 Å². The lowest BCUT2D eigenvalue weighted by Crippen LogP contribution is -2.40. The molecule has 3 amide bonds. The molecule has 0 aromatic heterocycles. The molecule has 0 atom stereocenters. The van der Waals surface area contributed by atoms with E-state index in [-0.39, 0.29) is 18.0 Å². The first kappa shape index (κ1) is 19.7. The van der Waals surface area contributed by atoms with Crippen molar-refractivity contribution in [2.24, 2.45) is 0 Å². The number of amides is 3. The number of nitrogens with one attached hydrogen (secondary N) is 2. The molecule has 142 valence electrons. The van der Waals surface area contributed by atoms with E-state index in [4.69, 9.17) is 0 Å². The summed E-state index contributed by atoms with van der Waals surface area (Å²) in [6.45, 7) is 0.686. The largest absolute Gasteiger partial charge is 0.405 e. The Kier molecular flexibility index (Phi) is 6.23. The molecule has 0 spiro atoms. The Balaban J connectivity index is 2.01. The van der Waals surface area contributed by atoms with E-state index >= 15 is 0 Å². The Labute approximate surface area is 148 Å². The van der Waals surface area contributed by atoms with E-state index < -0.39 is 24.5 Å². The zero-order valence-corrected chi connectivity index (χ0v) is 14.3. The standard InChI is InChI=1S/C17H20F3N3O3/c1-11-5-6-12(16(26)21-10-17(18,19)20)8-13(11)22-14(24)9-23-7-3-2-4-15(23)25/h5-6,8H,2-4,7,9-10H2,1H3,(H,21,26)(H,22,24). The van der Waals surface area contributed by atoms with E-state index in [1.807, 2.05) is 0 Å². The highest BCUT2D eigenvalue weighted by atomic mass is 19.4. The van der Waals surface area contributed by atoms with E-state index in [9.17, 15) is 27.6 Å². The molecule has 0 unspecified atom stereocenters. The summed E-state index contributed by atoms with van der Waals surface area (Å²) in [5, 5.41) is 4.39. The fourth-order valence-electron chi connectivity index (χ4n) is 2.57. The number of anilines is 1. The molecule has 0 saturated carbocycles. The number of carbonyl (C=O) groups is 3. The second-order valence-corrected chi connectivity index (χ2v) is 6.15. The SMILES string of the molecule is Cc1ccc(C(=O)NCC(F)(F)F)cc1NC(=O)CN1CCCCC1=O. The number of likely N-dealkylation sites (tertiary alicyclic amines) is 1. The van der Waals surface area contributed by atoms with Crippen molar-refractivity contribution < 1.29 is 27.6 Å². The molecule has 1 aromatic rings. The van der Waals surface area contributed by atoms with Crippen molar-refractivity contribution >= 4 is 23.4 Å². The number of carbonyl (C=O) groups excluding carboxylic acids is 3. The van der Waals surface area contributed by atoms with Crippen molar-refractivity contribution in [3.05, 3.63) is 29.3 Å².